The van der Waals surface area contributed by atoms with Gasteiger partial charge in [0.1, 0.15) is 5.82 Å². The van der Waals surface area contributed by atoms with Crippen molar-refractivity contribution in [3.63, 3.8) is 0 Å². The number of allylic oxidation sites excluding steroid dienone is 1. The molecule has 1 aliphatic heterocycles. The van der Waals surface area contributed by atoms with Crippen molar-refractivity contribution in [3.8, 4) is 28.2 Å². The van der Waals surface area contributed by atoms with Gasteiger partial charge in [0.05, 0.1) is 27.7 Å². The summed E-state index contributed by atoms with van der Waals surface area (Å²) in [5.41, 5.74) is 12.5. The van der Waals surface area contributed by atoms with E-state index >= 15 is 0 Å². The molecule has 0 radical (unpaired) electrons. The average Bonchev–Trinajstić information content (AvgIpc) is 3.69. The van der Waals surface area contributed by atoms with E-state index in [1.54, 1.807) is 12.1 Å². The Morgan fingerprint density at radius 1 is 0.780 bits per heavy atom. The van der Waals surface area contributed by atoms with Crippen LogP contribution < -0.4 is 14.9 Å². The highest BCUT2D eigenvalue weighted by Crippen LogP contribution is 2.41. The van der Waals surface area contributed by atoms with Crippen LogP contribution in [0.5, 0.6) is 0 Å². The molecule has 50 heavy (non-hydrogen) atoms. The minimum absolute atomic E-state index is 0.100. The monoisotopic (exact) mass is 669 g/mol. The van der Waals surface area contributed by atoms with Crippen LogP contribution in [-0.4, -0.2) is 9.13 Å². The zero-order chi connectivity index (χ0) is 33.8. The lowest BCUT2D eigenvalue weighted by Gasteiger charge is -2.30. The molecule has 1 atom stereocenters. The van der Waals surface area contributed by atoms with E-state index in [4.69, 9.17) is 4.99 Å². The molecule has 0 saturated carbocycles. The smallest absolute Gasteiger partial charge is 0.271 e. The fourth-order valence-corrected chi connectivity index (χ4v) is 8.42. The zero-order valence-electron chi connectivity index (χ0n) is 27.4. The van der Waals surface area contributed by atoms with Gasteiger partial charge in [-0.15, -0.1) is 0 Å². The van der Waals surface area contributed by atoms with E-state index in [9.17, 15) is 9.18 Å². The number of thiazole rings is 1. The Bertz CT molecular complexity index is 2610. The molecular weight excluding hydrogens is 638 g/mol. The first-order valence-electron chi connectivity index (χ1n) is 16.9. The van der Waals surface area contributed by atoms with Crippen LogP contribution in [-0.2, 0) is 6.42 Å². The van der Waals surface area contributed by atoms with Gasteiger partial charge in [-0.1, -0.05) is 126 Å². The molecule has 0 N–H and O–H groups in total. The maximum absolute atomic E-state index is 14.7. The van der Waals surface area contributed by atoms with Crippen LogP contribution in [0.2, 0.25) is 0 Å². The lowest BCUT2D eigenvalue weighted by Crippen LogP contribution is -2.38. The van der Waals surface area contributed by atoms with Crippen molar-refractivity contribution >= 4 is 23.1 Å². The molecule has 2 aliphatic rings. The fraction of sp³-hybridized carbons (Fsp3) is 0.0909. The second kappa shape index (κ2) is 12.2. The van der Waals surface area contributed by atoms with Gasteiger partial charge in [0.2, 0.25) is 0 Å². The lowest BCUT2D eigenvalue weighted by molar-refractivity contribution is 0.581. The number of hydrogen-bond donors (Lipinski definition) is 0. The Kier molecular flexibility index (Phi) is 7.40. The topological polar surface area (TPSA) is 39.3 Å². The highest BCUT2D eigenvalue weighted by atomic mass is 32.1. The predicted octanol–water partition coefficient (Wildman–Crippen LogP) is 8.89. The molecule has 9 rings (SSSR count). The van der Waals surface area contributed by atoms with Crippen molar-refractivity contribution in [1.82, 2.24) is 9.13 Å². The van der Waals surface area contributed by atoms with Crippen LogP contribution in [0.25, 0.3) is 40.0 Å². The Hall–Kier alpha value is -5.85. The van der Waals surface area contributed by atoms with Crippen LogP contribution in [0.3, 0.4) is 0 Å². The third kappa shape index (κ3) is 5.11. The Morgan fingerprint density at radius 3 is 2.20 bits per heavy atom. The summed E-state index contributed by atoms with van der Waals surface area (Å²) < 4.78 is 18.9. The number of fused-ring (bicyclic) bond motifs is 3. The quantitative estimate of drug-likeness (QED) is 0.181. The second-order valence-corrected chi connectivity index (χ2v) is 13.9. The van der Waals surface area contributed by atoms with Crippen molar-refractivity contribution < 1.29 is 4.39 Å². The Morgan fingerprint density at radius 2 is 1.46 bits per heavy atom. The number of rotatable bonds is 5. The van der Waals surface area contributed by atoms with E-state index < -0.39 is 0 Å². The largest absolute Gasteiger partial charge is 0.309 e. The van der Waals surface area contributed by atoms with Gasteiger partial charge < -0.3 is 4.57 Å². The number of benzene rings is 5. The van der Waals surface area contributed by atoms with Crippen LogP contribution in [0.15, 0.2) is 155 Å². The first kappa shape index (κ1) is 30.2. The lowest BCUT2D eigenvalue weighted by atomic mass is 9.83. The molecule has 0 spiro atoms. The summed E-state index contributed by atoms with van der Waals surface area (Å²) in [5, 5.41) is 0. The SMILES string of the molecule is Cc1ccc(-n2c(-c3ccccc3)cc(/C=c3/sc4n(c3=O)[C@@H](c3ccc(F)cc3)C3=C(N=4)c4ccccc4CC3)c2-c2ccccc2)cc1. The molecule has 2 aromatic heterocycles. The maximum atomic E-state index is 14.7. The molecule has 1 aliphatic carbocycles. The van der Waals surface area contributed by atoms with E-state index in [-0.39, 0.29) is 17.4 Å². The highest BCUT2D eigenvalue weighted by Gasteiger charge is 2.32. The minimum atomic E-state index is -0.372. The average molecular weight is 670 g/mol. The second-order valence-electron chi connectivity index (χ2n) is 12.9. The third-order valence-corrected chi connectivity index (χ3v) is 10.8. The molecule has 0 amide bonds. The van der Waals surface area contributed by atoms with Gasteiger partial charge in [0.25, 0.3) is 5.56 Å². The first-order valence-corrected chi connectivity index (χ1v) is 17.7. The summed E-state index contributed by atoms with van der Waals surface area (Å²) in [4.78, 5) is 20.5. The fourth-order valence-electron chi connectivity index (χ4n) is 7.42. The van der Waals surface area contributed by atoms with Crippen molar-refractivity contribution in [3.05, 3.63) is 198 Å². The molecule has 0 unspecified atom stereocenters. The molecular formula is C44H32FN3OS. The highest BCUT2D eigenvalue weighted by molar-refractivity contribution is 7.07. The minimum Gasteiger partial charge on any atom is -0.309 e. The molecule has 5 aromatic carbocycles. The van der Waals surface area contributed by atoms with E-state index in [0.717, 1.165) is 69.0 Å². The number of halogens is 1. The predicted molar refractivity (Wildman–Crippen MR) is 201 cm³/mol. The zero-order valence-corrected chi connectivity index (χ0v) is 28.2. The van der Waals surface area contributed by atoms with Gasteiger partial charge >= 0.3 is 0 Å². The third-order valence-electron chi connectivity index (χ3n) is 9.78. The number of aryl methyl sites for hydroxylation is 2. The molecule has 0 bridgehead atoms. The normalized spacial score (nSPS) is 15.3. The summed E-state index contributed by atoms with van der Waals surface area (Å²) >= 11 is 1.41. The summed E-state index contributed by atoms with van der Waals surface area (Å²) in [5.74, 6) is -0.301. The van der Waals surface area contributed by atoms with Crippen LogP contribution in [0.4, 0.5) is 4.39 Å². The van der Waals surface area contributed by atoms with E-state index in [1.165, 1.54) is 34.6 Å². The number of hydrogen-bond acceptors (Lipinski definition) is 3. The van der Waals surface area contributed by atoms with Crippen LogP contribution >= 0.6 is 11.3 Å². The number of aromatic nitrogens is 2. The van der Waals surface area contributed by atoms with Gasteiger partial charge in [0, 0.05) is 16.8 Å². The van der Waals surface area contributed by atoms with Crippen molar-refractivity contribution in [2.75, 3.05) is 0 Å². The first-order chi connectivity index (χ1) is 24.5. The molecule has 6 heteroatoms. The number of nitrogens with zero attached hydrogens (tertiary/aromatic N) is 3. The molecule has 4 nitrogen and oxygen atoms in total. The summed E-state index contributed by atoms with van der Waals surface area (Å²) in [6.07, 6.45) is 3.67. The van der Waals surface area contributed by atoms with Crippen LogP contribution in [0.1, 0.15) is 40.3 Å². The Labute approximate surface area is 293 Å². The van der Waals surface area contributed by atoms with Gasteiger partial charge in [-0.3, -0.25) is 9.36 Å². The maximum Gasteiger partial charge on any atom is 0.271 e. The van der Waals surface area contributed by atoms with E-state index in [0.29, 0.717) is 9.33 Å². The van der Waals surface area contributed by atoms with E-state index in [1.807, 2.05) is 41.0 Å². The molecule has 0 fully saturated rings. The molecule has 242 valence electrons. The molecule has 7 aromatic rings. The van der Waals surface area contributed by atoms with E-state index in [2.05, 4.69) is 96.4 Å². The summed E-state index contributed by atoms with van der Waals surface area (Å²) in [7, 11) is 0. The standard InChI is InChI=1S/C44H32FN3OS/c1-28-16-23-35(24-17-28)47-38(30-11-4-2-5-12-30)26-33(41(47)31-13-6-3-7-14-31)27-39-43(49)48-42(32-18-21-34(45)22-19-32)37-25-20-29-10-8-9-15-36(29)40(37)46-44(48)50-39/h2-19,21-24,26-27,42H,20,25H2,1H3/b39-27+/t42-/m0/s1. The van der Waals surface area contributed by atoms with Crippen LogP contribution in [0, 0.1) is 12.7 Å². The van der Waals surface area contributed by atoms with Gasteiger partial charge in [0.15, 0.2) is 4.80 Å². The van der Waals surface area contributed by atoms with Crippen molar-refractivity contribution in [1.29, 1.82) is 0 Å². The van der Waals surface area contributed by atoms with Gasteiger partial charge in [-0.25, -0.2) is 9.38 Å². The van der Waals surface area contributed by atoms with Gasteiger partial charge in [-0.05, 0) is 84.0 Å². The molecule has 3 heterocycles. The van der Waals surface area contributed by atoms with Gasteiger partial charge in [-0.2, -0.15) is 0 Å². The summed E-state index contributed by atoms with van der Waals surface area (Å²) in [6, 6.07) is 46.1. The van der Waals surface area contributed by atoms with Crippen molar-refractivity contribution in [2.45, 2.75) is 25.8 Å². The Balaban J connectivity index is 1.32. The summed E-state index contributed by atoms with van der Waals surface area (Å²) in [6.45, 7) is 2.09. The molecule has 0 saturated heterocycles. The van der Waals surface area contributed by atoms with Crippen molar-refractivity contribution in [2.24, 2.45) is 4.99 Å².